The highest BCUT2D eigenvalue weighted by molar-refractivity contribution is 5.56. The summed E-state index contributed by atoms with van der Waals surface area (Å²) in [5.41, 5.74) is 3.96. The molecule has 1 aromatic carbocycles. The van der Waals surface area contributed by atoms with E-state index in [1.807, 2.05) is 0 Å². The molecule has 1 aliphatic heterocycles. The van der Waals surface area contributed by atoms with E-state index in [1.165, 1.54) is 23.0 Å². The zero-order valence-electron chi connectivity index (χ0n) is 13.5. The van der Waals surface area contributed by atoms with Gasteiger partial charge in [0.05, 0.1) is 18.0 Å². The van der Waals surface area contributed by atoms with Crippen LogP contribution >= 0.6 is 0 Å². The lowest BCUT2D eigenvalue weighted by molar-refractivity contribution is -0.414. The summed E-state index contributed by atoms with van der Waals surface area (Å²) in [6.07, 6.45) is 1.45. The van der Waals surface area contributed by atoms with E-state index in [1.54, 1.807) is 12.1 Å². The number of piperazine rings is 1. The van der Waals surface area contributed by atoms with Gasteiger partial charge in [0, 0.05) is 17.8 Å². The third-order valence-corrected chi connectivity index (χ3v) is 4.32. The molecule has 3 rings (SSSR count). The van der Waals surface area contributed by atoms with E-state index in [4.69, 9.17) is 0 Å². The van der Waals surface area contributed by atoms with Crippen LogP contribution in [0.3, 0.4) is 0 Å². The summed E-state index contributed by atoms with van der Waals surface area (Å²) in [6.45, 7) is 7.92. The molecular weight excluding hydrogens is 292 g/mol. The van der Waals surface area contributed by atoms with Crippen LogP contribution in [0, 0.1) is 24.0 Å². The van der Waals surface area contributed by atoms with Gasteiger partial charge in [-0.2, -0.15) is 0 Å². The molecule has 120 valence electrons. The zero-order chi connectivity index (χ0) is 16.4. The van der Waals surface area contributed by atoms with Crippen LogP contribution in [0.2, 0.25) is 0 Å². The van der Waals surface area contributed by atoms with Gasteiger partial charge in [0.2, 0.25) is 0 Å². The smallest absolute Gasteiger partial charge is 0.308 e. The molecule has 0 unspecified atom stereocenters. The van der Waals surface area contributed by atoms with Gasteiger partial charge in [-0.05, 0) is 31.0 Å². The number of aromatic nitrogens is 1. The number of aryl methyl sites for hydroxylation is 2. The van der Waals surface area contributed by atoms with E-state index in [-0.39, 0.29) is 5.69 Å². The standard InChI is InChI=1S/C17H20N4O2/c1-13-3-4-14(2)16(11-13)19-7-9-20(10-8-19)17-6-5-15(12-18-17)21(22)23/h3-6,11-12H,7-10H2,1-2H3/p+1. The van der Waals surface area contributed by atoms with Crippen LogP contribution in [0.1, 0.15) is 11.1 Å². The number of benzene rings is 1. The van der Waals surface area contributed by atoms with Gasteiger partial charge in [-0.15, -0.1) is 0 Å². The average Bonchev–Trinajstić information content (AvgIpc) is 2.57. The maximum absolute atomic E-state index is 10.7. The summed E-state index contributed by atoms with van der Waals surface area (Å²) >= 11 is 0. The normalized spacial score (nSPS) is 14.9. The summed E-state index contributed by atoms with van der Waals surface area (Å²) in [5.74, 6) is 0.927. The predicted octanol–water partition coefficient (Wildman–Crippen LogP) is 2.35. The highest BCUT2D eigenvalue weighted by Gasteiger charge is 2.24. The fraction of sp³-hybridized carbons (Fsp3) is 0.353. The Morgan fingerprint density at radius 1 is 1.04 bits per heavy atom. The highest BCUT2D eigenvalue weighted by atomic mass is 16.6. The Bertz CT molecular complexity index is 707. The quantitative estimate of drug-likeness (QED) is 0.644. The Hall–Kier alpha value is -2.63. The van der Waals surface area contributed by atoms with Crippen LogP contribution in [0.5, 0.6) is 0 Å². The lowest BCUT2D eigenvalue weighted by atomic mass is 10.1. The molecule has 1 saturated heterocycles. The number of nitrogens with one attached hydrogen (secondary N) is 1. The van der Waals surface area contributed by atoms with Gasteiger partial charge in [0.25, 0.3) is 5.82 Å². The lowest BCUT2D eigenvalue weighted by Gasteiger charge is -2.33. The number of H-pyrrole nitrogens is 1. The van der Waals surface area contributed by atoms with Gasteiger partial charge >= 0.3 is 5.69 Å². The van der Waals surface area contributed by atoms with Crippen LogP contribution in [-0.2, 0) is 0 Å². The minimum Gasteiger partial charge on any atom is -0.363 e. The third-order valence-electron chi connectivity index (χ3n) is 4.32. The van der Waals surface area contributed by atoms with E-state index in [0.717, 1.165) is 32.0 Å². The fourth-order valence-corrected chi connectivity index (χ4v) is 2.97. The van der Waals surface area contributed by atoms with Gasteiger partial charge in [-0.25, -0.2) is 4.98 Å². The molecule has 23 heavy (non-hydrogen) atoms. The second-order valence-corrected chi connectivity index (χ2v) is 5.95. The molecule has 0 radical (unpaired) electrons. The third kappa shape index (κ3) is 3.26. The minimum atomic E-state index is -0.390. The van der Waals surface area contributed by atoms with Gasteiger partial charge in [0.1, 0.15) is 13.1 Å². The second kappa shape index (κ2) is 6.24. The Morgan fingerprint density at radius 3 is 2.35 bits per heavy atom. The topological polar surface area (TPSA) is 63.8 Å². The number of aromatic amines is 1. The van der Waals surface area contributed by atoms with Crippen molar-refractivity contribution in [3.05, 3.63) is 57.8 Å². The summed E-state index contributed by atoms with van der Waals surface area (Å²) in [6, 6.07) is 9.87. The number of rotatable bonds is 3. The molecule has 1 N–H and O–H groups in total. The summed E-state index contributed by atoms with van der Waals surface area (Å²) in [7, 11) is 0. The number of nitro groups is 1. The van der Waals surface area contributed by atoms with Crippen LogP contribution < -0.4 is 14.8 Å². The van der Waals surface area contributed by atoms with Crippen molar-refractivity contribution in [1.82, 2.24) is 0 Å². The molecule has 0 aliphatic carbocycles. The largest absolute Gasteiger partial charge is 0.363 e. The van der Waals surface area contributed by atoms with E-state index >= 15 is 0 Å². The molecule has 0 spiro atoms. The molecule has 6 nitrogen and oxygen atoms in total. The summed E-state index contributed by atoms with van der Waals surface area (Å²) < 4.78 is 0. The van der Waals surface area contributed by atoms with E-state index < -0.39 is 4.92 Å². The molecule has 0 saturated carbocycles. The maximum Gasteiger partial charge on any atom is 0.308 e. The SMILES string of the molecule is Cc1ccc(C)c(N2CCN(c3ccc([N+](=O)[O-])c[nH+]3)CC2)c1. The van der Waals surface area contributed by atoms with Gasteiger partial charge in [-0.1, -0.05) is 12.1 Å². The molecule has 6 heteroatoms. The first-order valence-electron chi connectivity index (χ1n) is 7.78. The van der Waals surface area contributed by atoms with Crippen molar-refractivity contribution in [1.29, 1.82) is 0 Å². The Labute approximate surface area is 135 Å². The zero-order valence-corrected chi connectivity index (χ0v) is 13.5. The second-order valence-electron chi connectivity index (χ2n) is 5.95. The Morgan fingerprint density at radius 2 is 1.74 bits per heavy atom. The summed E-state index contributed by atoms with van der Waals surface area (Å²) in [4.78, 5) is 18.0. The van der Waals surface area contributed by atoms with Crippen molar-refractivity contribution < 1.29 is 9.91 Å². The first kappa shape index (κ1) is 15.3. The van der Waals surface area contributed by atoms with Crippen molar-refractivity contribution >= 4 is 17.2 Å². The van der Waals surface area contributed by atoms with Crippen molar-refractivity contribution in [2.24, 2.45) is 0 Å². The first-order valence-corrected chi connectivity index (χ1v) is 7.78. The lowest BCUT2D eigenvalue weighted by Crippen LogP contribution is -2.48. The molecule has 2 aromatic rings. The number of pyridine rings is 1. The van der Waals surface area contributed by atoms with E-state index in [2.05, 4.69) is 46.8 Å². The van der Waals surface area contributed by atoms with Crippen LogP contribution in [0.15, 0.2) is 36.5 Å². The summed E-state index contributed by atoms with van der Waals surface area (Å²) in [5, 5.41) is 10.7. The van der Waals surface area contributed by atoms with Crippen LogP contribution in [0.4, 0.5) is 17.2 Å². The fourth-order valence-electron chi connectivity index (χ4n) is 2.97. The Kier molecular flexibility index (Phi) is 4.14. The van der Waals surface area contributed by atoms with Crippen LogP contribution in [-0.4, -0.2) is 31.1 Å². The first-order chi connectivity index (χ1) is 11.0. The van der Waals surface area contributed by atoms with Gasteiger partial charge in [0.15, 0.2) is 6.20 Å². The Balaban J connectivity index is 1.68. The van der Waals surface area contributed by atoms with Crippen LogP contribution in [0.25, 0.3) is 0 Å². The van der Waals surface area contributed by atoms with Crippen molar-refractivity contribution in [3.8, 4) is 0 Å². The number of nitrogens with zero attached hydrogens (tertiary/aromatic N) is 3. The number of anilines is 2. The molecule has 0 amide bonds. The average molecular weight is 313 g/mol. The van der Waals surface area contributed by atoms with E-state index in [9.17, 15) is 10.1 Å². The van der Waals surface area contributed by atoms with Crippen molar-refractivity contribution in [2.45, 2.75) is 13.8 Å². The van der Waals surface area contributed by atoms with Crippen molar-refractivity contribution in [2.75, 3.05) is 36.0 Å². The highest BCUT2D eigenvalue weighted by Crippen LogP contribution is 2.23. The predicted molar refractivity (Wildman–Crippen MR) is 90.0 cm³/mol. The van der Waals surface area contributed by atoms with Gasteiger partial charge in [-0.3, -0.25) is 15.0 Å². The molecule has 1 aliphatic rings. The molecule has 1 aromatic heterocycles. The molecule has 0 atom stereocenters. The molecular formula is C17H21N4O2+. The molecule has 2 heterocycles. The minimum absolute atomic E-state index is 0.0859. The van der Waals surface area contributed by atoms with Gasteiger partial charge < -0.3 is 4.90 Å². The number of hydrogen-bond donors (Lipinski definition) is 0. The maximum atomic E-state index is 10.7. The van der Waals surface area contributed by atoms with E-state index in [0.29, 0.717) is 0 Å². The molecule has 0 bridgehead atoms. The monoisotopic (exact) mass is 313 g/mol. The molecule has 1 fully saturated rings. The van der Waals surface area contributed by atoms with Crippen molar-refractivity contribution in [3.63, 3.8) is 0 Å². The number of hydrogen-bond acceptors (Lipinski definition) is 4.